The maximum absolute atomic E-state index is 12.9. The Hall–Kier alpha value is -2.42. The normalized spacial score (nSPS) is 11.5. The molecule has 0 spiro atoms. The molecule has 0 fully saturated rings. The van der Waals surface area contributed by atoms with Gasteiger partial charge < -0.3 is 9.32 Å². The summed E-state index contributed by atoms with van der Waals surface area (Å²) in [5.41, 5.74) is 0.721. The van der Waals surface area contributed by atoms with Crippen LogP contribution in [-0.2, 0) is 34.3 Å². The zero-order valence-electron chi connectivity index (χ0n) is 14.8. The van der Waals surface area contributed by atoms with Crippen LogP contribution in [0.3, 0.4) is 0 Å². The summed E-state index contributed by atoms with van der Waals surface area (Å²) in [7, 11) is -3.74. The number of amides is 1. The molecule has 0 aliphatic carbocycles. The number of hydrogen-bond donors (Lipinski definition) is 1. The lowest BCUT2D eigenvalue weighted by atomic mass is 10.1. The number of nitrogens with two attached hydrogens (primary N) is 1. The molecule has 0 bridgehead atoms. The second-order valence-corrected chi connectivity index (χ2v) is 9.14. The van der Waals surface area contributed by atoms with Gasteiger partial charge in [0.25, 0.3) is 0 Å². The zero-order valence-corrected chi connectivity index (χ0v) is 16.4. The van der Waals surface area contributed by atoms with E-state index in [9.17, 15) is 13.2 Å². The number of primary sulfonamides is 1. The first-order chi connectivity index (χ1) is 12.8. The summed E-state index contributed by atoms with van der Waals surface area (Å²) in [6.45, 7) is 2.89. The fourth-order valence-corrected chi connectivity index (χ4v) is 4.09. The van der Waals surface area contributed by atoms with Gasteiger partial charge in [-0.05, 0) is 48.9 Å². The number of sulfonamides is 1. The first-order valence-corrected chi connectivity index (χ1v) is 10.6. The molecule has 0 aliphatic rings. The van der Waals surface area contributed by atoms with Gasteiger partial charge in [-0.3, -0.25) is 4.79 Å². The lowest BCUT2D eigenvalue weighted by Gasteiger charge is -2.21. The van der Waals surface area contributed by atoms with Crippen LogP contribution in [0.15, 0.2) is 64.1 Å². The van der Waals surface area contributed by atoms with Crippen molar-refractivity contribution in [2.24, 2.45) is 5.14 Å². The first kappa shape index (κ1) is 19.3. The van der Waals surface area contributed by atoms with Crippen LogP contribution in [0.2, 0.25) is 0 Å². The molecule has 0 atom stereocenters. The molecule has 0 unspecified atom stereocenters. The molecule has 27 heavy (non-hydrogen) atoms. The standard InChI is InChI=1S/C19H20N2O4S2/c1-14-4-7-17(26-14)13-21(12-16-3-2-10-25-16)19(22)11-15-5-8-18(9-6-15)27(20,23)24/h2-10H,11-13H2,1H3,(H2,20,23,24). The maximum atomic E-state index is 12.9. The molecule has 8 heteroatoms. The Morgan fingerprint density at radius 2 is 1.85 bits per heavy atom. The molecule has 2 aromatic heterocycles. The summed E-state index contributed by atoms with van der Waals surface area (Å²) in [4.78, 5) is 16.9. The molecule has 0 saturated heterocycles. The third-order valence-electron chi connectivity index (χ3n) is 4.03. The average molecular weight is 405 g/mol. The Labute approximate surface area is 162 Å². The number of thiophene rings is 1. The quantitative estimate of drug-likeness (QED) is 0.655. The van der Waals surface area contributed by atoms with Crippen LogP contribution in [0.1, 0.15) is 21.1 Å². The lowest BCUT2D eigenvalue weighted by molar-refractivity contribution is -0.131. The summed E-state index contributed by atoms with van der Waals surface area (Å²) >= 11 is 1.65. The predicted octanol–water partition coefficient (Wildman–Crippen LogP) is 3.07. The molecular formula is C19H20N2O4S2. The van der Waals surface area contributed by atoms with Gasteiger partial charge in [-0.25, -0.2) is 13.6 Å². The number of aryl methyl sites for hydroxylation is 1. The molecule has 1 aromatic carbocycles. The van der Waals surface area contributed by atoms with Gasteiger partial charge in [-0.2, -0.15) is 0 Å². The van der Waals surface area contributed by atoms with Gasteiger partial charge in [0.2, 0.25) is 15.9 Å². The van der Waals surface area contributed by atoms with E-state index >= 15 is 0 Å². The smallest absolute Gasteiger partial charge is 0.238 e. The van der Waals surface area contributed by atoms with E-state index in [0.717, 1.165) is 10.4 Å². The van der Waals surface area contributed by atoms with Gasteiger partial charge >= 0.3 is 0 Å². The number of nitrogens with zero attached hydrogens (tertiary/aromatic N) is 1. The van der Waals surface area contributed by atoms with Crippen molar-refractivity contribution in [3.05, 3.63) is 75.9 Å². The molecule has 0 saturated carbocycles. The zero-order chi connectivity index (χ0) is 19.4. The Morgan fingerprint density at radius 3 is 2.41 bits per heavy atom. The van der Waals surface area contributed by atoms with Crippen LogP contribution in [0, 0.1) is 6.92 Å². The summed E-state index contributed by atoms with van der Waals surface area (Å²) < 4.78 is 28.1. The minimum Gasteiger partial charge on any atom is -0.467 e. The van der Waals surface area contributed by atoms with Crippen molar-refractivity contribution in [2.45, 2.75) is 31.3 Å². The van der Waals surface area contributed by atoms with Crippen LogP contribution in [0.4, 0.5) is 0 Å². The predicted molar refractivity (Wildman–Crippen MR) is 104 cm³/mol. The van der Waals surface area contributed by atoms with E-state index in [1.54, 1.807) is 40.7 Å². The van der Waals surface area contributed by atoms with Gasteiger partial charge in [0.1, 0.15) is 5.76 Å². The summed E-state index contributed by atoms with van der Waals surface area (Å²) in [5.74, 6) is 0.641. The minimum absolute atomic E-state index is 0.0280. The molecule has 2 N–H and O–H groups in total. The van der Waals surface area contributed by atoms with Crippen molar-refractivity contribution in [1.82, 2.24) is 4.90 Å². The SMILES string of the molecule is Cc1ccc(CN(Cc2ccco2)C(=O)Cc2ccc(S(N)(=O)=O)cc2)s1. The van der Waals surface area contributed by atoms with Crippen molar-refractivity contribution >= 4 is 27.3 Å². The average Bonchev–Trinajstić information content (AvgIpc) is 3.26. The van der Waals surface area contributed by atoms with Crippen molar-refractivity contribution in [3.8, 4) is 0 Å². The highest BCUT2D eigenvalue weighted by Crippen LogP contribution is 2.20. The molecule has 142 valence electrons. The third-order valence-corrected chi connectivity index (χ3v) is 5.94. The fourth-order valence-electron chi connectivity index (χ4n) is 2.66. The van der Waals surface area contributed by atoms with Crippen molar-refractivity contribution < 1.29 is 17.6 Å². The number of furan rings is 1. The Bertz CT molecular complexity index is 1010. The second-order valence-electron chi connectivity index (χ2n) is 6.21. The Kier molecular flexibility index (Phi) is 5.79. The summed E-state index contributed by atoms with van der Waals surface area (Å²) in [5, 5.41) is 5.11. The maximum Gasteiger partial charge on any atom is 0.238 e. The van der Waals surface area contributed by atoms with E-state index < -0.39 is 10.0 Å². The fraction of sp³-hybridized carbons (Fsp3) is 0.211. The highest BCUT2D eigenvalue weighted by Gasteiger charge is 2.18. The number of benzene rings is 1. The van der Waals surface area contributed by atoms with Crippen molar-refractivity contribution in [3.63, 3.8) is 0 Å². The molecule has 0 aliphatic heterocycles. The van der Waals surface area contributed by atoms with E-state index in [1.807, 2.05) is 25.1 Å². The van der Waals surface area contributed by atoms with Gasteiger partial charge in [0.15, 0.2) is 0 Å². The van der Waals surface area contributed by atoms with E-state index in [2.05, 4.69) is 0 Å². The van der Waals surface area contributed by atoms with Crippen LogP contribution in [0.25, 0.3) is 0 Å². The van der Waals surface area contributed by atoms with E-state index in [0.29, 0.717) is 18.8 Å². The van der Waals surface area contributed by atoms with Crippen LogP contribution >= 0.6 is 11.3 Å². The van der Waals surface area contributed by atoms with E-state index in [1.165, 1.54) is 17.0 Å². The number of hydrogen-bond acceptors (Lipinski definition) is 5. The van der Waals surface area contributed by atoms with Crippen LogP contribution < -0.4 is 5.14 Å². The van der Waals surface area contributed by atoms with Gasteiger partial charge in [0, 0.05) is 9.75 Å². The number of carbonyl (C=O) groups excluding carboxylic acids is 1. The molecule has 6 nitrogen and oxygen atoms in total. The summed E-state index contributed by atoms with van der Waals surface area (Å²) in [6, 6.07) is 13.7. The highest BCUT2D eigenvalue weighted by molar-refractivity contribution is 7.89. The molecule has 3 aromatic rings. The Morgan fingerprint density at radius 1 is 1.11 bits per heavy atom. The second kappa shape index (κ2) is 8.08. The molecule has 1 amide bonds. The van der Waals surface area contributed by atoms with Crippen LogP contribution in [-0.4, -0.2) is 19.2 Å². The Balaban J connectivity index is 1.75. The van der Waals surface area contributed by atoms with Crippen LogP contribution in [0.5, 0.6) is 0 Å². The molecule has 3 rings (SSSR count). The van der Waals surface area contributed by atoms with E-state index in [4.69, 9.17) is 9.56 Å². The monoisotopic (exact) mass is 404 g/mol. The van der Waals surface area contributed by atoms with Gasteiger partial charge in [-0.1, -0.05) is 12.1 Å². The van der Waals surface area contributed by atoms with E-state index in [-0.39, 0.29) is 17.2 Å². The topological polar surface area (TPSA) is 93.6 Å². The number of carbonyl (C=O) groups is 1. The first-order valence-electron chi connectivity index (χ1n) is 8.28. The third kappa shape index (κ3) is 5.29. The van der Waals surface area contributed by atoms with Gasteiger partial charge in [0.05, 0.1) is 30.7 Å². The molecule has 0 radical (unpaired) electrons. The van der Waals surface area contributed by atoms with Crippen molar-refractivity contribution in [1.29, 1.82) is 0 Å². The molecule has 2 heterocycles. The summed E-state index contributed by atoms with van der Waals surface area (Å²) in [6.07, 6.45) is 1.75. The lowest BCUT2D eigenvalue weighted by Crippen LogP contribution is -2.31. The largest absolute Gasteiger partial charge is 0.467 e. The molecular weight excluding hydrogens is 384 g/mol. The number of rotatable bonds is 7. The van der Waals surface area contributed by atoms with Crippen molar-refractivity contribution in [2.75, 3.05) is 0 Å². The van der Waals surface area contributed by atoms with Gasteiger partial charge in [-0.15, -0.1) is 11.3 Å². The highest BCUT2D eigenvalue weighted by atomic mass is 32.2. The minimum atomic E-state index is -3.74.